The monoisotopic (exact) mass is 446 g/mol. The van der Waals surface area contributed by atoms with Crippen LogP contribution >= 0.6 is 0 Å². The van der Waals surface area contributed by atoms with Gasteiger partial charge in [0.15, 0.2) is 0 Å². The minimum atomic E-state index is -0.209. The van der Waals surface area contributed by atoms with E-state index in [2.05, 4.69) is 35.9 Å². The first kappa shape index (κ1) is 21.5. The normalized spacial score (nSPS) is 16.9. The van der Waals surface area contributed by atoms with Crippen LogP contribution in [0.4, 0.5) is 16.0 Å². The molecule has 0 saturated carbocycles. The molecule has 0 unspecified atom stereocenters. The van der Waals surface area contributed by atoms with Gasteiger partial charge in [-0.15, -0.1) is 0 Å². The molecule has 5 rings (SSSR count). The largest absolute Gasteiger partial charge is 0.369 e. The number of anilines is 2. The number of hydrogen-bond acceptors (Lipinski definition) is 6. The molecule has 7 nitrogen and oxygen atoms in total. The highest BCUT2D eigenvalue weighted by Gasteiger charge is 2.24. The standard InChI is InChI=1S/C25H27FN6O/c1-16-10-17(2)29-25(28-16)30-20-5-6-22(27-12-20)24-15-32(8-9-33-24)14-18-13-31(3)23-7-4-19(26)11-21(18)23/h4-7,10-13,24H,8-9,14-15H2,1-3H3,(H,28,29,30)/t24-/m0/s1. The maximum atomic E-state index is 13.8. The van der Waals surface area contributed by atoms with Crippen LogP contribution in [0.25, 0.3) is 10.9 Å². The van der Waals surface area contributed by atoms with Crippen LogP contribution in [0, 0.1) is 19.7 Å². The molecule has 170 valence electrons. The molecule has 8 heteroatoms. The number of ether oxygens (including phenoxy) is 1. The number of pyridine rings is 1. The van der Waals surface area contributed by atoms with Crippen LogP contribution < -0.4 is 5.32 Å². The summed E-state index contributed by atoms with van der Waals surface area (Å²) in [4.78, 5) is 15.8. The summed E-state index contributed by atoms with van der Waals surface area (Å²) in [7, 11) is 1.99. The predicted molar refractivity (Wildman–Crippen MR) is 126 cm³/mol. The van der Waals surface area contributed by atoms with Crippen LogP contribution in [0.3, 0.4) is 0 Å². The van der Waals surface area contributed by atoms with Crippen molar-refractivity contribution >= 4 is 22.5 Å². The molecule has 1 saturated heterocycles. The molecule has 33 heavy (non-hydrogen) atoms. The summed E-state index contributed by atoms with van der Waals surface area (Å²) in [6.07, 6.45) is 3.76. The van der Waals surface area contributed by atoms with Gasteiger partial charge >= 0.3 is 0 Å². The summed E-state index contributed by atoms with van der Waals surface area (Å²) < 4.78 is 21.9. The van der Waals surface area contributed by atoms with Crippen molar-refractivity contribution in [3.8, 4) is 0 Å². The van der Waals surface area contributed by atoms with Crippen LogP contribution in [0.15, 0.2) is 48.8 Å². The Morgan fingerprint density at radius 1 is 1.12 bits per heavy atom. The summed E-state index contributed by atoms with van der Waals surface area (Å²) in [5.41, 5.74) is 5.70. The molecule has 0 spiro atoms. The SMILES string of the molecule is Cc1cc(C)nc(Nc2ccc([C@@H]3CN(Cc4cn(C)c5ccc(F)cc45)CCO3)nc2)n1. The summed E-state index contributed by atoms with van der Waals surface area (Å²) >= 11 is 0. The van der Waals surface area contributed by atoms with Gasteiger partial charge < -0.3 is 14.6 Å². The fourth-order valence-electron chi connectivity index (χ4n) is 4.42. The van der Waals surface area contributed by atoms with Crippen molar-refractivity contribution in [2.45, 2.75) is 26.5 Å². The third kappa shape index (κ3) is 4.72. The smallest absolute Gasteiger partial charge is 0.227 e. The van der Waals surface area contributed by atoms with E-state index in [1.165, 1.54) is 6.07 Å². The number of nitrogens with one attached hydrogen (secondary N) is 1. The van der Waals surface area contributed by atoms with E-state index in [0.717, 1.165) is 58.9 Å². The maximum Gasteiger partial charge on any atom is 0.227 e. The highest BCUT2D eigenvalue weighted by molar-refractivity contribution is 5.84. The minimum absolute atomic E-state index is 0.114. The summed E-state index contributed by atoms with van der Waals surface area (Å²) in [5, 5.41) is 4.17. The number of aromatic nitrogens is 4. The molecule has 0 bridgehead atoms. The van der Waals surface area contributed by atoms with Crippen molar-refractivity contribution in [2.24, 2.45) is 7.05 Å². The van der Waals surface area contributed by atoms with E-state index in [4.69, 9.17) is 4.74 Å². The summed E-state index contributed by atoms with van der Waals surface area (Å²) in [5.74, 6) is 0.354. The molecule has 4 heterocycles. The zero-order valence-corrected chi connectivity index (χ0v) is 19.0. The van der Waals surface area contributed by atoms with Crippen molar-refractivity contribution in [1.82, 2.24) is 24.4 Å². The summed E-state index contributed by atoms with van der Waals surface area (Å²) in [6.45, 7) is 6.81. The number of morpholine rings is 1. The van der Waals surface area contributed by atoms with E-state index in [0.29, 0.717) is 12.6 Å². The minimum Gasteiger partial charge on any atom is -0.369 e. The van der Waals surface area contributed by atoms with Gasteiger partial charge in [0.1, 0.15) is 11.9 Å². The Labute approximate surface area is 192 Å². The Morgan fingerprint density at radius 3 is 2.70 bits per heavy atom. The maximum absolute atomic E-state index is 13.8. The van der Waals surface area contributed by atoms with Gasteiger partial charge in [0.2, 0.25) is 5.95 Å². The molecule has 0 amide bonds. The Kier molecular flexibility index (Phi) is 5.78. The molecule has 1 aromatic carbocycles. The average Bonchev–Trinajstić information content (AvgIpc) is 3.08. The van der Waals surface area contributed by atoms with Crippen LogP contribution in [0.2, 0.25) is 0 Å². The predicted octanol–water partition coefficient (Wildman–Crippen LogP) is 4.44. The number of halogens is 1. The van der Waals surface area contributed by atoms with Crippen molar-refractivity contribution in [1.29, 1.82) is 0 Å². The van der Waals surface area contributed by atoms with E-state index in [9.17, 15) is 4.39 Å². The fourth-order valence-corrected chi connectivity index (χ4v) is 4.42. The Balaban J connectivity index is 1.27. The molecule has 1 aliphatic heterocycles. The lowest BCUT2D eigenvalue weighted by Crippen LogP contribution is -2.38. The van der Waals surface area contributed by atoms with E-state index in [1.807, 2.05) is 45.2 Å². The third-order valence-corrected chi connectivity index (χ3v) is 5.93. The van der Waals surface area contributed by atoms with Crippen LogP contribution in [0.5, 0.6) is 0 Å². The Bertz CT molecular complexity index is 1270. The molecule has 1 atom stereocenters. The third-order valence-electron chi connectivity index (χ3n) is 5.93. The van der Waals surface area contributed by atoms with Gasteiger partial charge in [-0.1, -0.05) is 0 Å². The second kappa shape index (κ2) is 8.88. The molecule has 0 aliphatic carbocycles. The van der Waals surface area contributed by atoms with E-state index >= 15 is 0 Å². The zero-order valence-electron chi connectivity index (χ0n) is 19.0. The molecule has 3 aromatic heterocycles. The van der Waals surface area contributed by atoms with E-state index in [1.54, 1.807) is 12.3 Å². The topological polar surface area (TPSA) is 68.1 Å². The molecule has 1 fully saturated rings. The van der Waals surface area contributed by atoms with Crippen molar-refractivity contribution < 1.29 is 9.13 Å². The van der Waals surface area contributed by atoms with Gasteiger partial charge in [-0.2, -0.15) is 0 Å². The first-order valence-electron chi connectivity index (χ1n) is 11.1. The molecular weight excluding hydrogens is 419 g/mol. The van der Waals surface area contributed by atoms with Gasteiger partial charge in [-0.25, -0.2) is 14.4 Å². The lowest BCUT2D eigenvalue weighted by molar-refractivity contribution is -0.0348. The van der Waals surface area contributed by atoms with Crippen molar-refractivity contribution in [3.63, 3.8) is 0 Å². The van der Waals surface area contributed by atoms with Gasteiger partial charge in [0.05, 0.1) is 24.2 Å². The highest BCUT2D eigenvalue weighted by Crippen LogP contribution is 2.27. The Morgan fingerprint density at radius 2 is 1.94 bits per heavy atom. The number of rotatable bonds is 5. The van der Waals surface area contributed by atoms with Crippen molar-refractivity contribution in [3.05, 3.63) is 77.3 Å². The first-order valence-corrected chi connectivity index (χ1v) is 11.1. The van der Waals surface area contributed by atoms with Crippen LogP contribution in [-0.2, 0) is 18.3 Å². The molecule has 1 aliphatic rings. The van der Waals surface area contributed by atoms with E-state index in [-0.39, 0.29) is 11.9 Å². The highest BCUT2D eigenvalue weighted by atomic mass is 19.1. The molecule has 4 aromatic rings. The second-order valence-corrected chi connectivity index (χ2v) is 8.59. The fraction of sp³-hybridized carbons (Fsp3) is 0.320. The van der Waals surface area contributed by atoms with E-state index < -0.39 is 0 Å². The second-order valence-electron chi connectivity index (χ2n) is 8.59. The number of benzene rings is 1. The van der Waals surface area contributed by atoms with Gasteiger partial charge in [0, 0.05) is 55.2 Å². The number of aryl methyl sites for hydroxylation is 3. The van der Waals surface area contributed by atoms with Gasteiger partial charge in [-0.05, 0) is 55.8 Å². The number of fused-ring (bicyclic) bond motifs is 1. The number of hydrogen-bond donors (Lipinski definition) is 1. The lowest BCUT2D eigenvalue weighted by Gasteiger charge is -2.32. The van der Waals surface area contributed by atoms with Crippen LogP contribution in [-0.4, -0.2) is 44.1 Å². The number of nitrogens with zero attached hydrogens (tertiary/aromatic N) is 5. The van der Waals surface area contributed by atoms with Crippen molar-refractivity contribution in [2.75, 3.05) is 25.0 Å². The molecule has 1 N–H and O–H groups in total. The zero-order chi connectivity index (χ0) is 22.9. The first-order chi connectivity index (χ1) is 15.9. The quantitative estimate of drug-likeness (QED) is 0.489. The summed E-state index contributed by atoms with van der Waals surface area (Å²) in [6, 6.07) is 10.8. The van der Waals surface area contributed by atoms with Crippen LogP contribution in [0.1, 0.15) is 28.7 Å². The average molecular weight is 447 g/mol. The Hall–Kier alpha value is -3.36. The van der Waals surface area contributed by atoms with Gasteiger partial charge in [0.25, 0.3) is 0 Å². The molecule has 0 radical (unpaired) electrons. The molecular formula is C25H27FN6O. The lowest BCUT2D eigenvalue weighted by atomic mass is 10.1. The van der Waals surface area contributed by atoms with Gasteiger partial charge in [-0.3, -0.25) is 9.88 Å².